The number of carbonyl (C=O) groups excluding carboxylic acids is 2. The van der Waals surface area contributed by atoms with Crippen LogP contribution in [0.5, 0.6) is 0 Å². The Kier molecular flexibility index (Phi) is 11.7. The number of quaternary nitrogens is 2. The van der Waals surface area contributed by atoms with Gasteiger partial charge in [-0.15, -0.1) is 0 Å². The number of aliphatic carboxylic acids is 2. The molecule has 0 unspecified atom stereocenters. The summed E-state index contributed by atoms with van der Waals surface area (Å²) in [5, 5.41) is 20.2. The number of carboxylic acid groups (broad SMARTS) is 2. The maximum atomic E-state index is 10.1. The Morgan fingerprint density at radius 2 is 1.61 bits per heavy atom. The molecular weight excluding hydrogens is 236 g/mol. The van der Waals surface area contributed by atoms with E-state index in [1.165, 1.54) is 0 Å². The summed E-state index contributed by atoms with van der Waals surface area (Å²) < 4.78 is 0. The highest BCUT2D eigenvalue weighted by atomic mass is 16.4. The lowest BCUT2D eigenvalue weighted by Gasteiger charge is -2.14. The van der Waals surface area contributed by atoms with Gasteiger partial charge in [0, 0.05) is 12.3 Å². The summed E-state index contributed by atoms with van der Waals surface area (Å²) in [6.45, 7) is 5.81. The van der Waals surface area contributed by atoms with E-state index in [9.17, 15) is 19.8 Å². The molecule has 0 saturated carbocycles. The van der Waals surface area contributed by atoms with Crippen molar-refractivity contribution < 1.29 is 31.3 Å². The third kappa shape index (κ3) is 10.0. The van der Waals surface area contributed by atoms with E-state index >= 15 is 0 Å². The van der Waals surface area contributed by atoms with Crippen molar-refractivity contribution in [2.24, 2.45) is 5.92 Å². The van der Waals surface area contributed by atoms with Crippen LogP contribution in [0.4, 0.5) is 0 Å². The van der Waals surface area contributed by atoms with Gasteiger partial charge in [0.25, 0.3) is 0 Å². The topological polar surface area (TPSA) is 136 Å². The molecule has 0 rings (SSSR count). The smallest absolute Gasteiger partial charge is 0.127 e. The zero-order valence-electron chi connectivity index (χ0n) is 11.6. The van der Waals surface area contributed by atoms with Crippen molar-refractivity contribution in [3.05, 3.63) is 0 Å². The third-order valence-electron chi connectivity index (χ3n) is 2.87. The molecule has 0 heterocycles. The summed E-state index contributed by atoms with van der Waals surface area (Å²) in [5.41, 5.74) is 6.86. The average Bonchev–Trinajstić information content (AvgIpc) is 2.34. The van der Waals surface area contributed by atoms with Gasteiger partial charge >= 0.3 is 0 Å². The molecule has 0 saturated heterocycles. The van der Waals surface area contributed by atoms with Gasteiger partial charge in [-0.05, 0) is 12.8 Å². The second kappa shape index (κ2) is 11.0. The molecule has 0 aromatic carbocycles. The minimum atomic E-state index is -1.05. The highest BCUT2D eigenvalue weighted by Gasteiger charge is 2.14. The van der Waals surface area contributed by atoms with Crippen LogP contribution in [-0.4, -0.2) is 24.0 Å². The summed E-state index contributed by atoms with van der Waals surface area (Å²) >= 11 is 0. The minimum Gasteiger partial charge on any atom is -0.544 e. The van der Waals surface area contributed by atoms with Gasteiger partial charge < -0.3 is 31.3 Å². The van der Waals surface area contributed by atoms with E-state index in [0.717, 1.165) is 19.3 Å². The molecule has 0 aromatic heterocycles. The van der Waals surface area contributed by atoms with Crippen LogP contribution in [0.3, 0.4) is 0 Å². The van der Waals surface area contributed by atoms with Crippen molar-refractivity contribution in [3.63, 3.8) is 0 Å². The number of carbonyl (C=O) groups is 2. The van der Waals surface area contributed by atoms with E-state index in [-0.39, 0.29) is 5.92 Å². The summed E-state index contributed by atoms with van der Waals surface area (Å²) in [5.74, 6) is -1.97. The SMILES string of the molecule is CCCC[C@@H]([NH3+])C(=O)[O-].CC[C@@H](C)[C@H]([NH3+])C(=O)[O-]. The second-order valence-electron chi connectivity index (χ2n) is 4.47. The van der Waals surface area contributed by atoms with Gasteiger partial charge in [0.15, 0.2) is 0 Å². The lowest BCUT2D eigenvalue weighted by Crippen LogP contribution is -2.70. The van der Waals surface area contributed by atoms with E-state index in [4.69, 9.17) is 0 Å². The predicted molar refractivity (Wildman–Crippen MR) is 62.3 cm³/mol. The van der Waals surface area contributed by atoms with Crippen molar-refractivity contribution in [3.8, 4) is 0 Å². The lowest BCUT2D eigenvalue weighted by molar-refractivity contribution is -0.447. The van der Waals surface area contributed by atoms with Crippen LogP contribution in [-0.2, 0) is 9.59 Å². The molecular formula is C12H26N2O4. The first-order valence-electron chi connectivity index (χ1n) is 6.35. The molecule has 6 heteroatoms. The largest absolute Gasteiger partial charge is 0.544 e. The van der Waals surface area contributed by atoms with Crippen LogP contribution in [0.2, 0.25) is 0 Å². The number of unbranched alkanes of at least 4 members (excludes halogenated alkanes) is 1. The molecule has 0 aliphatic heterocycles. The molecule has 0 aliphatic carbocycles. The first-order valence-corrected chi connectivity index (χ1v) is 6.35. The Morgan fingerprint density at radius 1 is 1.11 bits per heavy atom. The van der Waals surface area contributed by atoms with E-state index < -0.39 is 24.0 Å². The van der Waals surface area contributed by atoms with Crippen LogP contribution in [0.25, 0.3) is 0 Å². The molecule has 0 aliphatic rings. The van der Waals surface area contributed by atoms with Gasteiger partial charge in [-0.2, -0.15) is 0 Å². The Balaban J connectivity index is 0. The summed E-state index contributed by atoms with van der Waals surface area (Å²) in [4.78, 5) is 20.2. The Hall–Kier alpha value is -1.14. The van der Waals surface area contributed by atoms with Crippen molar-refractivity contribution in [1.29, 1.82) is 0 Å². The zero-order valence-corrected chi connectivity index (χ0v) is 11.6. The van der Waals surface area contributed by atoms with Gasteiger partial charge in [-0.3, -0.25) is 0 Å². The molecule has 0 radical (unpaired) electrons. The fourth-order valence-corrected chi connectivity index (χ4v) is 1.09. The predicted octanol–water partition coefficient (Wildman–Crippen LogP) is -3.07. The minimum absolute atomic E-state index is 0.120. The van der Waals surface area contributed by atoms with E-state index in [2.05, 4.69) is 11.5 Å². The lowest BCUT2D eigenvalue weighted by atomic mass is 10.0. The Labute approximate surface area is 108 Å². The van der Waals surface area contributed by atoms with Crippen LogP contribution in [0, 0.1) is 5.92 Å². The number of hydrogen-bond acceptors (Lipinski definition) is 4. The summed E-state index contributed by atoms with van der Waals surface area (Å²) in [6, 6.07) is -1.08. The maximum absolute atomic E-state index is 10.1. The van der Waals surface area contributed by atoms with Crippen molar-refractivity contribution >= 4 is 11.9 Å². The molecule has 0 spiro atoms. The summed E-state index contributed by atoms with van der Waals surface area (Å²) in [6.07, 6.45) is 3.41. The highest BCUT2D eigenvalue weighted by Crippen LogP contribution is 2.01. The molecule has 108 valence electrons. The van der Waals surface area contributed by atoms with Gasteiger partial charge in [0.1, 0.15) is 12.1 Å². The fourth-order valence-electron chi connectivity index (χ4n) is 1.09. The maximum Gasteiger partial charge on any atom is 0.127 e. The van der Waals surface area contributed by atoms with Gasteiger partial charge in [0.2, 0.25) is 0 Å². The van der Waals surface area contributed by atoms with Crippen LogP contribution >= 0.6 is 0 Å². The Morgan fingerprint density at radius 3 is 1.83 bits per heavy atom. The van der Waals surface area contributed by atoms with E-state index in [1.807, 2.05) is 20.8 Å². The molecule has 18 heavy (non-hydrogen) atoms. The standard InChI is InChI=1S/2C6H13NO2/c1-3-4(2)5(7)6(8)9;1-2-3-4-5(7)6(8)9/h4-5H,3,7H2,1-2H3,(H,8,9);5H,2-4,7H2,1H3,(H,8,9)/t4-,5+;5-/m11/s1. The first-order chi connectivity index (χ1) is 8.27. The number of carboxylic acids is 2. The van der Waals surface area contributed by atoms with Gasteiger partial charge in [0.05, 0.1) is 11.9 Å². The molecule has 3 atom stereocenters. The van der Waals surface area contributed by atoms with Crippen molar-refractivity contribution in [2.75, 3.05) is 0 Å². The Bertz CT molecular complexity index is 246. The van der Waals surface area contributed by atoms with E-state index in [1.54, 1.807) is 0 Å². The number of rotatable bonds is 7. The van der Waals surface area contributed by atoms with Crippen LogP contribution in [0.15, 0.2) is 0 Å². The van der Waals surface area contributed by atoms with Gasteiger partial charge in [-0.25, -0.2) is 0 Å². The highest BCUT2D eigenvalue weighted by molar-refractivity contribution is 5.69. The van der Waals surface area contributed by atoms with Crippen molar-refractivity contribution in [2.45, 2.75) is 58.5 Å². The molecule has 0 fully saturated rings. The molecule has 0 bridgehead atoms. The zero-order chi connectivity index (χ0) is 14.7. The van der Waals surface area contributed by atoms with Crippen molar-refractivity contribution in [1.82, 2.24) is 0 Å². The van der Waals surface area contributed by atoms with Crippen LogP contribution in [0.1, 0.15) is 46.5 Å². The van der Waals surface area contributed by atoms with E-state index in [0.29, 0.717) is 6.42 Å². The monoisotopic (exact) mass is 262 g/mol. The molecule has 6 N–H and O–H groups in total. The first kappa shape index (κ1) is 19.2. The fraction of sp³-hybridized carbons (Fsp3) is 0.833. The summed E-state index contributed by atoms with van der Waals surface area (Å²) in [7, 11) is 0. The molecule has 0 aromatic rings. The number of hydrogen-bond donors (Lipinski definition) is 2. The van der Waals surface area contributed by atoms with Gasteiger partial charge in [-0.1, -0.05) is 27.2 Å². The molecule has 6 nitrogen and oxygen atoms in total. The quantitative estimate of drug-likeness (QED) is 0.503. The third-order valence-corrected chi connectivity index (χ3v) is 2.87. The normalized spacial score (nSPS) is 14.9. The molecule has 0 amide bonds. The second-order valence-corrected chi connectivity index (χ2v) is 4.47. The average molecular weight is 262 g/mol. The van der Waals surface area contributed by atoms with Crippen LogP contribution < -0.4 is 21.7 Å².